The Morgan fingerprint density at radius 3 is 2.33 bits per heavy atom. The maximum atomic E-state index is 5.94. The van der Waals surface area contributed by atoms with Gasteiger partial charge in [0, 0.05) is 9.92 Å². The van der Waals surface area contributed by atoms with E-state index in [9.17, 15) is 0 Å². The van der Waals surface area contributed by atoms with Crippen LogP contribution >= 0.6 is 23.4 Å². The molecular formula is C15H16ClNS. The van der Waals surface area contributed by atoms with Gasteiger partial charge in [0.2, 0.25) is 0 Å². The van der Waals surface area contributed by atoms with E-state index in [1.54, 1.807) is 11.8 Å². The summed E-state index contributed by atoms with van der Waals surface area (Å²) in [6.07, 6.45) is 2.10. The highest BCUT2D eigenvalue weighted by Crippen LogP contribution is 2.30. The lowest BCUT2D eigenvalue weighted by atomic mass is 9.99. The van der Waals surface area contributed by atoms with E-state index in [0.717, 1.165) is 5.02 Å². The summed E-state index contributed by atoms with van der Waals surface area (Å²) >= 11 is 7.71. The number of nitrogens with one attached hydrogen (secondary N) is 1. The fraction of sp³-hybridized carbons (Fsp3) is 0.200. The Labute approximate surface area is 118 Å². The van der Waals surface area contributed by atoms with Gasteiger partial charge in [-0.05, 0) is 42.6 Å². The van der Waals surface area contributed by atoms with E-state index >= 15 is 0 Å². The van der Waals surface area contributed by atoms with E-state index in [0.29, 0.717) is 0 Å². The van der Waals surface area contributed by atoms with Crippen molar-refractivity contribution in [2.45, 2.75) is 10.9 Å². The second kappa shape index (κ2) is 6.28. The summed E-state index contributed by atoms with van der Waals surface area (Å²) in [7, 11) is 1.98. The van der Waals surface area contributed by atoms with Gasteiger partial charge in [-0.1, -0.05) is 41.9 Å². The largest absolute Gasteiger partial charge is 0.309 e. The average molecular weight is 278 g/mol. The first-order valence-corrected chi connectivity index (χ1v) is 7.42. The molecule has 0 aliphatic carbocycles. The molecule has 3 heteroatoms. The molecule has 2 aromatic rings. The van der Waals surface area contributed by atoms with Gasteiger partial charge in [0.15, 0.2) is 0 Å². The predicted octanol–water partition coefficient (Wildman–Crippen LogP) is 4.37. The molecule has 18 heavy (non-hydrogen) atoms. The first kappa shape index (κ1) is 13.5. The molecule has 0 aliphatic heterocycles. The lowest BCUT2D eigenvalue weighted by molar-refractivity contribution is 0.680. The first-order chi connectivity index (χ1) is 8.76. The number of benzene rings is 2. The summed E-state index contributed by atoms with van der Waals surface area (Å²) in [5.41, 5.74) is 2.53. The summed E-state index contributed by atoms with van der Waals surface area (Å²) in [5.74, 6) is 0. The fourth-order valence-electron chi connectivity index (χ4n) is 2.06. The van der Waals surface area contributed by atoms with Gasteiger partial charge in [-0.25, -0.2) is 0 Å². The molecule has 0 amide bonds. The van der Waals surface area contributed by atoms with E-state index in [1.807, 2.05) is 19.2 Å². The van der Waals surface area contributed by atoms with Crippen LogP contribution in [-0.4, -0.2) is 13.3 Å². The molecular weight excluding hydrogens is 262 g/mol. The molecule has 0 heterocycles. The van der Waals surface area contributed by atoms with Crippen LogP contribution < -0.4 is 5.32 Å². The monoisotopic (exact) mass is 277 g/mol. The van der Waals surface area contributed by atoms with Crippen molar-refractivity contribution in [3.63, 3.8) is 0 Å². The molecule has 0 fully saturated rings. The van der Waals surface area contributed by atoms with Gasteiger partial charge in [-0.2, -0.15) is 0 Å². The molecule has 1 unspecified atom stereocenters. The highest BCUT2D eigenvalue weighted by atomic mass is 35.5. The molecule has 0 aromatic heterocycles. The third-order valence-corrected chi connectivity index (χ3v) is 4.01. The van der Waals surface area contributed by atoms with Crippen molar-refractivity contribution >= 4 is 23.4 Å². The van der Waals surface area contributed by atoms with Gasteiger partial charge in [-0.3, -0.25) is 0 Å². The zero-order valence-electron chi connectivity index (χ0n) is 10.5. The van der Waals surface area contributed by atoms with Crippen LogP contribution in [0.1, 0.15) is 17.2 Å². The molecule has 1 N–H and O–H groups in total. The molecule has 1 atom stereocenters. The van der Waals surface area contributed by atoms with E-state index in [1.165, 1.54) is 16.0 Å². The Morgan fingerprint density at radius 1 is 1.06 bits per heavy atom. The smallest absolute Gasteiger partial charge is 0.0585 e. The van der Waals surface area contributed by atoms with Gasteiger partial charge in [0.05, 0.1) is 6.04 Å². The van der Waals surface area contributed by atoms with Crippen molar-refractivity contribution < 1.29 is 0 Å². The SMILES string of the molecule is CNC(c1ccc(Cl)cc1)c1ccccc1SC. The predicted molar refractivity (Wildman–Crippen MR) is 80.6 cm³/mol. The van der Waals surface area contributed by atoms with Crippen molar-refractivity contribution in [2.24, 2.45) is 0 Å². The number of rotatable bonds is 4. The minimum Gasteiger partial charge on any atom is -0.309 e. The summed E-state index contributed by atoms with van der Waals surface area (Å²) in [4.78, 5) is 1.30. The van der Waals surface area contributed by atoms with Crippen LogP contribution in [0.2, 0.25) is 5.02 Å². The van der Waals surface area contributed by atoms with Gasteiger partial charge >= 0.3 is 0 Å². The lowest BCUT2D eigenvalue weighted by Crippen LogP contribution is -2.18. The number of hydrogen-bond donors (Lipinski definition) is 1. The molecule has 2 aromatic carbocycles. The topological polar surface area (TPSA) is 12.0 Å². The van der Waals surface area contributed by atoms with Gasteiger partial charge in [0.25, 0.3) is 0 Å². The Hall–Kier alpha value is -0.960. The Bertz CT molecular complexity index is 510. The molecule has 2 rings (SSSR count). The Kier molecular flexibility index (Phi) is 4.70. The van der Waals surface area contributed by atoms with E-state index in [2.05, 4.69) is 48.0 Å². The van der Waals surface area contributed by atoms with Crippen LogP contribution in [-0.2, 0) is 0 Å². The standard InChI is InChI=1S/C15H16ClNS/c1-17-15(11-7-9-12(16)10-8-11)13-5-3-4-6-14(13)18-2/h3-10,15,17H,1-2H3. The Balaban J connectivity index is 2.41. The zero-order chi connectivity index (χ0) is 13.0. The molecule has 0 spiro atoms. The lowest BCUT2D eigenvalue weighted by Gasteiger charge is -2.19. The van der Waals surface area contributed by atoms with Crippen molar-refractivity contribution in [1.82, 2.24) is 5.32 Å². The molecule has 0 bridgehead atoms. The molecule has 0 saturated carbocycles. The highest BCUT2D eigenvalue weighted by molar-refractivity contribution is 7.98. The maximum absolute atomic E-state index is 5.94. The van der Waals surface area contributed by atoms with Gasteiger partial charge in [-0.15, -0.1) is 11.8 Å². The number of thioether (sulfide) groups is 1. The maximum Gasteiger partial charge on any atom is 0.0585 e. The summed E-state index contributed by atoms with van der Waals surface area (Å²) in [5, 5.41) is 4.14. The second-order valence-electron chi connectivity index (χ2n) is 4.02. The van der Waals surface area contributed by atoms with Crippen LogP contribution in [0, 0.1) is 0 Å². The van der Waals surface area contributed by atoms with Crippen molar-refractivity contribution in [2.75, 3.05) is 13.3 Å². The highest BCUT2D eigenvalue weighted by Gasteiger charge is 2.14. The Morgan fingerprint density at radius 2 is 1.72 bits per heavy atom. The quantitative estimate of drug-likeness (QED) is 0.833. The minimum atomic E-state index is 0.200. The van der Waals surface area contributed by atoms with Crippen LogP contribution in [0.3, 0.4) is 0 Å². The third kappa shape index (κ3) is 2.89. The van der Waals surface area contributed by atoms with Gasteiger partial charge in [0.1, 0.15) is 0 Å². The van der Waals surface area contributed by atoms with Crippen LogP contribution in [0.5, 0.6) is 0 Å². The number of halogens is 1. The minimum absolute atomic E-state index is 0.200. The van der Waals surface area contributed by atoms with Crippen molar-refractivity contribution in [3.8, 4) is 0 Å². The van der Waals surface area contributed by atoms with Crippen molar-refractivity contribution in [3.05, 3.63) is 64.7 Å². The average Bonchev–Trinajstić information content (AvgIpc) is 2.42. The van der Waals surface area contributed by atoms with Crippen molar-refractivity contribution in [1.29, 1.82) is 0 Å². The van der Waals surface area contributed by atoms with E-state index in [-0.39, 0.29) is 6.04 Å². The summed E-state index contributed by atoms with van der Waals surface area (Å²) in [6.45, 7) is 0. The number of hydrogen-bond acceptors (Lipinski definition) is 2. The first-order valence-electron chi connectivity index (χ1n) is 5.82. The molecule has 0 radical (unpaired) electrons. The van der Waals surface area contributed by atoms with E-state index in [4.69, 9.17) is 11.6 Å². The third-order valence-electron chi connectivity index (χ3n) is 2.94. The van der Waals surface area contributed by atoms with Crippen LogP contribution in [0.4, 0.5) is 0 Å². The zero-order valence-corrected chi connectivity index (χ0v) is 12.1. The van der Waals surface area contributed by atoms with Crippen LogP contribution in [0.15, 0.2) is 53.4 Å². The van der Waals surface area contributed by atoms with Gasteiger partial charge < -0.3 is 5.32 Å². The summed E-state index contributed by atoms with van der Waals surface area (Å²) < 4.78 is 0. The summed E-state index contributed by atoms with van der Waals surface area (Å²) in [6, 6.07) is 16.7. The van der Waals surface area contributed by atoms with E-state index < -0.39 is 0 Å². The fourth-order valence-corrected chi connectivity index (χ4v) is 2.82. The van der Waals surface area contributed by atoms with Crippen LogP contribution in [0.25, 0.3) is 0 Å². The molecule has 0 aliphatic rings. The molecule has 1 nitrogen and oxygen atoms in total. The molecule has 94 valence electrons. The molecule has 0 saturated heterocycles. The second-order valence-corrected chi connectivity index (χ2v) is 5.30. The normalized spacial score (nSPS) is 12.4.